The maximum atomic E-state index is 13.9. The lowest BCUT2D eigenvalue weighted by atomic mass is 9.78. The molecular weight excluding hydrogens is 642 g/mol. The number of hydrogen-bond acceptors (Lipinski definition) is 11. The van der Waals surface area contributed by atoms with Gasteiger partial charge in [-0.2, -0.15) is 0 Å². The Morgan fingerprint density at radius 2 is 1.50 bits per heavy atom. The molecule has 278 valence electrons. The third-order valence-electron chi connectivity index (χ3n) is 13.9. The first-order valence-electron chi connectivity index (χ1n) is 19.6. The van der Waals surface area contributed by atoms with Crippen LogP contribution < -0.4 is 5.73 Å². The van der Waals surface area contributed by atoms with Gasteiger partial charge in [0.15, 0.2) is 5.79 Å². The normalized spacial score (nSPS) is 54.0. The van der Waals surface area contributed by atoms with Crippen molar-refractivity contribution in [1.29, 1.82) is 0 Å². The highest BCUT2D eigenvalue weighted by Crippen LogP contribution is 2.54. The Kier molecular flexibility index (Phi) is 9.15. The van der Waals surface area contributed by atoms with Crippen LogP contribution in [0.2, 0.25) is 0 Å². The first kappa shape index (κ1) is 34.5. The molecule has 0 saturated carbocycles. The summed E-state index contributed by atoms with van der Waals surface area (Å²) in [4.78, 5) is 13.9. The molecule has 0 aromatic heterocycles. The molecule has 50 heavy (non-hydrogen) atoms. The third kappa shape index (κ3) is 6.00. The Balaban J connectivity index is 0.992. The smallest absolute Gasteiger partial charge is 0.172 e. The van der Waals surface area contributed by atoms with Crippen LogP contribution in [0.15, 0.2) is 24.3 Å². The van der Waals surface area contributed by atoms with Gasteiger partial charge in [0, 0.05) is 38.6 Å². The second-order valence-corrected chi connectivity index (χ2v) is 17.2. The lowest BCUT2D eigenvalue weighted by Gasteiger charge is -2.47. The van der Waals surface area contributed by atoms with Gasteiger partial charge in [-0.3, -0.25) is 4.79 Å². The van der Waals surface area contributed by atoms with E-state index in [0.29, 0.717) is 38.0 Å². The predicted octanol–water partition coefficient (Wildman–Crippen LogP) is 3.67. The molecule has 10 heterocycles. The first-order chi connectivity index (χ1) is 24.1. The lowest BCUT2D eigenvalue weighted by molar-refractivity contribution is -0.292. The highest BCUT2D eigenvalue weighted by molar-refractivity contribution is 5.79. The minimum absolute atomic E-state index is 0.00450. The van der Waals surface area contributed by atoms with E-state index in [1.165, 1.54) is 0 Å². The second-order valence-electron chi connectivity index (χ2n) is 17.2. The maximum Gasteiger partial charge on any atom is 0.172 e. The van der Waals surface area contributed by atoms with E-state index in [2.05, 4.69) is 27.0 Å². The molecule has 10 fully saturated rings. The molecule has 10 saturated heterocycles. The Morgan fingerprint density at radius 3 is 2.34 bits per heavy atom. The molecule has 0 radical (unpaired) electrons. The Morgan fingerprint density at radius 1 is 0.760 bits per heavy atom. The summed E-state index contributed by atoms with van der Waals surface area (Å²) >= 11 is 0. The van der Waals surface area contributed by atoms with Gasteiger partial charge in [-0.25, -0.2) is 0 Å². The average Bonchev–Trinajstić information content (AvgIpc) is 3.76. The van der Waals surface area contributed by atoms with E-state index in [9.17, 15) is 9.90 Å². The number of ketones is 1. The number of aliphatic hydroxyl groups excluding tert-OH is 1. The molecule has 1 spiro atoms. The SMILES string of the molecule is C=C1CC2CCC34CC5OC6C(OC7CCC(CC(=O)CC8C(CC9OC(CCC1O2)CC(C)C9=C)OC(C(O)CN)C8C)OC7C6O3)C5O4. The van der Waals surface area contributed by atoms with Crippen LogP contribution in [0.3, 0.4) is 0 Å². The number of rotatable bonds is 2. The Hall–Kier alpha value is -1.25. The first-order valence-corrected chi connectivity index (χ1v) is 19.6. The zero-order valence-corrected chi connectivity index (χ0v) is 29.7. The molecule has 0 aromatic rings. The van der Waals surface area contributed by atoms with Gasteiger partial charge >= 0.3 is 0 Å². The van der Waals surface area contributed by atoms with E-state index in [0.717, 1.165) is 56.1 Å². The van der Waals surface area contributed by atoms with Crippen molar-refractivity contribution in [1.82, 2.24) is 0 Å². The number of nitrogens with two attached hydrogens (primary N) is 1. The standard InChI is InChI=1S/C39H57NO10/c1-18-11-23-5-7-28-19(2)12-25(43-28)9-10-39-16-32-35(49-39)36-37(48-32)38(50-39)34-29(46-36)8-6-24(45-34)13-22(41)14-26-21(4)33(27(42)17-40)47-31(26)15-30(44-23)20(18)3/h18,21,23-38,42H,2-3,5-17,40H2,1,4H3. The van der Waals surface area contributed by atoms with Gasteiger partial charge in [-0.15, -0.1) is 0 Å². The maximum absolute atomic E-state index is 13.9. The van der Waals surface area contributed by atoms with Crippen LogP contribution in [0.5, 0.6) is 0 Å². The number of fused-ring (bicyclic) bond motifs is 6. The number of carbonyl (C=O) groups is 1. The van der Waals surface area contributed by atoms with Crippen LogP contribution in [-0.2, 0) is 42.7 Å². The molecule has 11 nitrogen and oxygen atoms in total. The van der Waals surface area contributed by atoms with Gasteiger partial charge in [-0.1, -0.05) is 27.0 Å². The van der Waals surface area contributed by atoms with Crippen LogP contribution in [0, 0.1) is 17.8 Å². The number of Topliss-reactive ketones (excluding diaryl/α,β-unsaturated/α-hetero) is 1. The van der Waals surface area contributed by atoms with Crippen LogP contribution >= 0.6 is 0 Å². The fourth-order valence-electron chi connectivity index (χ4n) is 11.2. The van der Waals surface area contributed by atoms with E-state index in [1.807, 2.05) is 0 Å². The van der Waals surface area contributed by atoms with Crippen LogP contribution in [-0.4, -0.2) is 115 Å². The van der Waals surface area contributed by atoms with Crippen molar-refractivity contribution in [3.05, 3.63) is 24.3 Å². The van der Waals surface area contributed by atoms with Gasteiger partial charge in [-0.05, 0) is 73.8 Å². The quantitative estimate of drug-likeness (QED) is 0.409. The molecule has 10 aliphatic heterocycles. The summed E-state index contributed by atoms with van der Waals surface area (Å²) in [5.41, 5.74) is 8.13. The summed E-state index contributed by atoms with van der Waals surface area (Å²) in [5.74, 6) is -0.460. The Bertz CT molecular complexity index is 1340. The fraction of sp³-hybridized carbons (Fsp3) is 0.872. The molecule has 3 N–H and O–H groups in total. The predicted molar refractivity (Wildman–Crippen MR) is 180 cm³/mol. The summed E-state index contributed by atoms with van der Waals surface area (Å²) in [6.07, 6.45) is 5.24. The highest BCUT2D eigenvalue weighted by atomic mass is 16.8. The molecule has 19 atom stereocenters. The number of carbonyl (C=O) groups excluding carboxylic acids is 1. The molecular formula is C39H57NO10. The van der Waals surface area contributed by atoms with E-state index < -0.39 is 18.0 Å². The van der Waals surface area contributed by atoms with Gasteiger partial charge in [0.25, 0.3) is 0 Å². The zero-order valence-electron chi connectivity index (χ0n) is 29.7. The van der Waals surface area contributed by atoms with Crippen molar-refractivity contribution in [3.63, 3.8) is 0 Å². The van der Waals surface area contributed by atoms with Crippen molar-refractivity contribution < 1.29 is 47.8 Å². The van der Waals surface area contributed by atoms with Crippen LogP contribution in [0.25, 0.3) is 0 Å². The summed E-state index contributed by atoms with van der Waals surface area (Å²) < 4.78 is 53.8. The fourth-order valence-corrected chi connectivity index (χ4v) is 11.2. The molecule has 19 unspecified atom stereocenters. The number of ether oxygens (including phenoxy) is 8. The Labute approximate surface area is 295 Å². The topological polar surface area (TPSA) is 137 Å². The van der Waals surface area contributed by atoms with Crippen molar-refractivity contribution >= 4 is 5.78 Å². The highest BCUT2D eigenvalue weighted by Gasteiger charge is 2.68. The van der Waals surface area contributed by atoms with Crippen LogP contribution in [0.4, 0.5) is 0 Å². The van der Waals surface area contributed by atoms with E-state index in [-0.39, 0.29) is 104 Å². The van der Waals surface area contributed by atoms with E-state index in [4.69, 9.17) is 43.6 Å². The molecule has 10 rings (SSSR count). The van der Waals surface area contributed by atoms with Gasteiger partial charge in [0.1, 0.15) is 36.3 Å². The average molecular weight is 700 g/mol. The summed E-state index contributed by atoms with van der Waals surface area (Å²) in [7, 11) is 0. The third-order valence-corrected chi connectivity index (χ3v) is 13.9. The van der Waals surface area contributed by atoms with Crippen LogP contribution in [0.1, 0.15) is 90.9 Å². The summed E-state index contributed by atoms with van der Waals surface area (Å²) in [6, 6.07) is 0. The van der Waals surface area contributed by atoms with Gasteiger partial charge in [0.2, 0.25) is 0 Å². The van der Waals surface area contributed by atoms with Crippen molar-refractivity contribution in [2.45, 2.75) is 188 Å². The molecule has 0 aromatic carbocycles. The molecule has 10 aliphatic rings. The molecule has 0 amide bonds. The largest absolute Gasteiger partial charge is 0.389 e. The second kappa shape index (κ2) is 13.2. The zero-order chi connectivity index (χ0) is 34.5. The number of hydrogen-bond donors (Lipinski definition) is 2. The minimum atomic E-state index is -0.801. The van der Waals surface area contributed by atoms with Crippen molar-refractivity contribution in [2.75, 3.05) is 6.54 Å². The lowest BCUT2D eigenvalue weighted by Crippen LogP contribution is -2.61. The monoisotopic (exact) mass is 699 g/mol. The molecule has 11 heteroatoms. The van der Waals surface area contributed by atoms with E-state index in [1.54, 1.807) is 0 Å². The van der Waals surface area contributed by atoms with E-state index >= 15 is 0 Å². The number of aliphatic hydroxyl groups is 1. The summed E-state index contributed by atoms with van der Waals surface area (Å²) in [5, 5.41) is 10.8. The van der Waals surface area contributed by atoms with Crippen molar-refractivity contribution in [2.24, 2.45) is 23.5 Å². The minimum Gasteiger partial charge on any atom is -0.389 e. The van der Waals surface area contributed by atoms with Gasteiger partial charge < -0.3 is 48.7 Å². The summed E-state index contributed by atoms with van der Waals surface area (Å²) in [6.45, 7) is 13.3. The van der Waals surface area contributed by atoms with Crippen molar-refractivity contribution in [3.8, 4) is 0 Å². The van der Waals surface area contributed by atoms with Gasteiger partial charge in [0.05, 0.1) is 61.0 Å². The molecule has 12 bridgehead atoms. The molecule has 0 aliphatic carbocycles.